The van der Waals surface area contributed by atoms with E-state index in [-0.39, 0.29) is 11.9 Å². The van der Waals surface area contributed by atoms with E-state index in [1.165, 1.54) is 0 Å². The minimum atomic E-state index is -0.352. The van der Waals surface area contributed by atoms with Gasteiger partial charge in [-0.05, 0) is 29.8 Å². The zero-order valence-electron chi connectivity index (χ0n) is 17.6. The van der Waals surface area contributed by atoms with Crippen LogP contribution in [0, 0.1) is 0 Å². The van der Waals surface area contributed by atoms with Crippen molar-refractivity contribution in [1.82, 2.24) is 14.9 Å². The largest absolute Gasteiger partial charge is 0.497 e. The number of carbonyl (C=O) groups is 1. The quantitative estimate of drug-likeness (QED) is 0.459. The fraction of sp³-hybridized carbons (Fsp3) is 0.200. The van der Waals surface area contributed by atoms with Gasteiger partial charge in [0, 0.05) is 37.8 Å². The molecule has 2 aromatic carbocycles. The Morgan fingerprint density at radius 1 is 1.10 bits per heavy atom. The van der Waals surface area contributed by atoms with Gasteiger partial charge in [-0.15, -0.1) is 0 Å². The van der Waals surface area contributed by atoms with E-state index in [4.69, 9.17) is 9.15 Å². The van der Waals surface area contributed by atoms with Gasteiger partial charge < -0.3 is 19.0 Å². The van der Waals surface area contributed by atoms with E-state index >= 15 is 0 Å². The molecule has 4 rings (SSSR count). The molecule has 0 aliphatic carbocycles. The van der Waals surface area contributed by atoms with Crippen molar-refractivity contribution < 1.29 is 13.9 Å². The van der Waals surface area contributed by atoms with Crippen LogP contribution in [-0.4, -0.2) is 22.6 Å². The van der Waals surface area contributed by atoms with Crippen molar-refractivity contribution in [2.75, 3.05) is 7.11 Å². The van der Waals surface area contributed by atoms with Crippen molar-refractivity contribution in [3.63, 3.8) is 0 Å². The predicted molar refractivity (Wildman–Crippen MR) is 119 cm³/mol. The van der Waals surface area contributed by atoms with Gasteiger partial charge in [-0.3, -0.25) is 4.79 Å². The van der Waals surface area contributed by atoms with Gasteiger partial charge in [0.2, 0.25) is 5.91 Å². The van der Waals surface area contributed by atoms with Crippen LogP contribution in [0.2, 0.25) is 0 Å². The number of imidazole rings is 1. The molecule has 1 atom stereocenters. The van der Waals surface area contributed by atoms with Crippen molar-refractivity contribution >= 4 is 5.91 Å². The standard InChI is InChI=1S/C25H25N3O3/c1-28-17-16-26-25(28)24(19-8-10-20(30-2)11-9-19)27-23(29)15-13-21-12-14-22(31-21)18-6-4-3-5-7-18/h3-12,14,16-17,24H,13,15H2,1-2H3,(H,27,29). The van der Waals surface area contributed by atoms with Gasteiger partial charge in [0.05, 0.1) is 7.11 Å². The van der Waals surface area contributed by atoms with Crippen molar-refractivity contribution in [1.29, 1.82) is 0 Å². The van der Waals surface area contributed by atoms with Crippen LogP contribution in [-0.2, 0) is 18.3 Å². The Morgan fingerprint density at radius 2 is 1.87 bits per heavy atom. The van der Waals surface area contributed by atoms with Crippen LogP contribution in [0.4, 0.5) is 0 Å². The lowest BCUT2D eigenvalue weighted by Gasteiger charge is -2.19. The summed E-state index contributed by atoms with van der Waals surface area (Å²) in [5.74, 6) is 3.05. The highest BCUT2D eigenvalue weighted by atomic mass is 16.5. The molecule has 0 saturated carbocycles. The number of aryl methyl sites for hydroxylation is 2. The van der Waals surface area contributed by atoms with Crippen molar-refractivity contribution in [3.05, 3.63) is 96.3 Å². The molecule has 0 bridgehead atoms. The van der Waals surface area contributed by atoms with Gasteiger partial charge in [0.1, 0.15) is 29.1 Å². The fourth-order valence-corrected chi connectivity index (χ4v) is 3.49. The van der Waals surface area contributed by atoms with Crippen molar-refractivity contribution in [2.45, 2.75) is 18.9 Å². The maximum atomic E-state index is 12.8. The molecule has 2 heterocycles. The predicted octanol–water partition coefficient (Wildman–Crippen LogP) is 4.53. The third-order valence-corrected chi connectivity index (χ3v) is 5.19. The minimum absolute atomic E-state index is 0.0681. The zero-order chi connectivity index (χ0) is 21.6. The number of aromatic nitrogens is 2. The second kappa shape index (κ2) is 9.34. The number of methoxy groups -OCH3 is 1. The lowest BCUT2D eigenvalue weighted by molar-refractivity contribution is -0.121. The van der Waals surface area contributed by atoms with Gasteiger partial charge in [-0.2, -0.15) is 0 Å². The Morgan fingerprint density at radius 3 is 2.55 bits per heavy atom. The van der Waals surface area contributed by atoms with Crippen molar-refractivity contribution in [2.24, 2.45) is 7.05 Å². The highest BCUT2D eigenvalue weighted by molar-refractivity contribution is 5.77. The molecule has 1 N–H and O–H groups in total. The third-order valence-electron chi connectivity index (χ3n) is 5.19. The molecule has 158 valence electrons. The SMILES string of the molecule is COc1ccc(C(NC(=O)CCc2ccc(-c3ccccc3)o2)c2nccn2C)cc1. The second-order valence-corrected chi connectivity index (χ2v) is 7.30. The van der Waals surface area contributed by atoms with Gasteiger partial charge >= 0.3 is 0 Å². The Balaban J connectivity index is 1.44. The van der Waals surface area contributed by atoms with E-state index in [2.05, 4.69) is 10.3 Å². The highest BCUT2D eigenvalue weighted by Gasteiger charge is 2.21. The second-order valence-electron chi connectivity index (χ2n) is 7.30. The summed E-state index contributed by atoms with van der Waals surface area (Å²) in [6, 6.07) is 21.1. The number of hydrogen-bond acceptors (Lipinski definition) is 4. The normalized spacial score (nSPS) is 11.8. The average Bonchev–Trinajstić information content (AvgIpc) is 3.46. The summed E-state index contributed by atoms with van der Waals surface area (Å²) >= 11 is 0. The molecule has 1 unspecified atom stereocenters. The van der Waals surface area contributed by atoms with Crippen LogP contribution in [0.25, 0.3) is 11.3 Å². The van der Waals surface area contributed by atoms with Crippen LogP contribution in [0.3, 0.4) is 0 Å². The smallest absolute Gasteiger partial charge is 0.221 e. The van der Waals surface area contributed by atoms with Crippen LogP contribution in [0.1, 0.15) is 29.6 Å². The first-order valence-corrected chi connectivity index (χ1v) is 10.2. The summed E-state index contributed by atoms with van der Waals surface area (Å²) in [6.07, 6.45) is 4.44. The maximum absolute atomic E-state index is 12.8. The molecule has 0 aliphatic rings. The molecule has 4 aromatic rings. The van der Waals surface area contributed by atoms with E-state index < -0.39 is 0 Å². The van der Waals surface area contributed by atoms with Crippen LogP contribution >= 0.6 is 0 Å². The Kier molecular flexibility index (Phi) is 6.17. The molecule has 0 fully saturated rings. The number of carbonyl (C=O) groups excluding carboxylic acids is 1. The topological polar surface area (TPSA) is 69.3 Å². The molecule has 2 aromatic heterocycles. The summed E-state index contributed by atoms with van der Waals surface area (Å²) < 4.78 is 13.1. The molecule has 6 nitrogen and oxygen atoms in total. The van der Waals surface area contributed by atoms with Crippen LogP contribution in [0.5, 0.6) is 5.75 Å². The number of amides is 1. The molecule has 0 saturated heterocycles. The first kappa shape index (κ1) is 20.5. The maximum Gasteiger partial charge on any atom is 0.221 e. The molecular weight excluding hydrogens is 390 g/mol. The average molecular weight is 415 g/mol. The van der Waals surface area contributed by atoms with E-state index in [9.17, 15) is 4.79 Å². The van der Waals surface area contributed by atoms with E-state index in [0.29, 0.717) is 12.8 Å². The number of nitrogens with one attached hydrogen (secondary N) is 1. The minimum Gasteiger partial charge on any atom is -0.497 e. The number of nitrogens with zero attached hydrogens (tertiary/aromatic N) is 2. The first-order chi connectivity index (χ1) is 15.1. The molecule has 6 heteroatoms. The number of hydrogen-bond donors (Lipinski definition) is 1. The van der Waals surface area contributed by atoms with E-state index in [0.717, 1.165) is 34.2 Å². The van der Waals surface area contributed by atoms with E-state index in [1.54, 1.807) is 13.3 Å². The molecule has 0 radical (unpaired) electrons. The fourth-order valence-electron chi connectivity index (χ4n) is 3.49. The lowest BCUT2D eigenvalue weighted by atomic mass is 10.1. The van der Waals surface area contributed by atoms with E-state index in [1.807, 2.05) is 84.5 Å². The number of benzene rings is 2. The Labute approximate surface area is 181 Å². The van der Waals surface area contributed by atoms with Gasteiger partial charge in [-0.25, -0.2) is 4.98 Å². The Hall–Kier alpha value is -3.80. The summed E-state index contributed by atoms with van der Waals surface area (Å²) in [4.78, 5) is 17.2. The highest BCUT2D eigenvalue weighted by Crippen LogP contribution is 2.24. The lowest BCUT2D eigenvalue weighted by Crippen LogP contribution is -2.31. The molecule has 0 spiro atoms. The number of rotatable bonds is 8. The summed E-state index contributed by atoms with van der Waals surface area (Å²) in [5, 5.41) is 3.12. The Bertz CT molecular complexity index is 1130. The third kappa shape index (κ3) is 4.86. The summed E-state index contributed by atoms with van der Waals surface area (Å²) in [6.45, 7) is 0. The van der Waals surface area contributed by atoms with Gasteiger partial charge in [0.15, 0.2) is 0 Å². The molecular formula is C25H25N3O3. The monoisotopic (exact) mass is 415 g/mol. The molecule has 0 aliphatic heterocycles. The summed E-state index contributed by atoms with van der Waals surface area (Å²) in [7, 11) is 3.55. The summed E-state index contributed by atoms with van der Waals surface area (Å²) in [5.41, 5.74) is 1.96. The number of ether oxygens (including phenoxy) is 1. The van der Waals surface area contributed by atoms with Crippen LogP contribution < -0.4 is 10.1 Å². The molecule has 1 amide bonds. The molecule has 31 heavy (non-hydrogen) atoms. The first-order valence-electron chi connectivity index (χ1n) is 10.2. The van der Waals surface area contributed by atoms with Crippen LogP contribution in [0.15, 0.2) is 83.5 Å². The number of furan rings is 1. The van der Waals surface area contributed by atoms with Crippen molar-refractivity contribution in [3.8, 4) is 17.1 Å². The van der Waals surface area contributed by atoms with Gasteiger partial charge in [-0.1, -0.05) is 42.5 Å². The zero-order valence-corrected chi connectivity index (χ0v) is 17.6. The van der Waals surface area contributed by atoms with Gasteiger partial charge in [0.25, 0.3) is 0 Å².